The molecule has 0 unspecified atom stereocenters. The maximum absolute atomic E-state index is 11.3. The number of rotatable bonds is 3. The van der Waals surface area contributed by atoms with E-state index in [1.54, 1.807) is 17.9 Å². The van der Waals surface area contributed by atoms with Crippen LogP contribution < -0.4 is 10.4 Å². The van der Waals surface area contributed by atoms with Crippen LogP contribution in [-0.4, -0.2) is 30.0 Å². The van der Waals surface area contributed by atoms with Crippen LogP contribution in [0.4, 0.5) is 0 Å². The molecule has 0 aromatic carbocycles. The van der Waals surface area contributed by atoms with Gasteiger partial charge in [-0.1, -0.05) is 6.92 Å². The molecule has 5 heteroatoms. The first kappa shape index (κ1) is 11.7. The maximum atomic E-state index is 11.3. The molecule has 17 heavy (non-hydrogen) atoms. The summed E-state index contributed by atoms with van der Waals surface area (Å²) >= 11 is 0. The zero-order chi connectivity index (χ0) is 12.4. The van der Waals surface area contributed by atoms with Crippen LogP contribution in [0.2, 0.25) is 0 Å². The summed E-state index contributed by atoms with van der Waals surface area (Å²) in [6, 6.07) is 2.99. The number of aryl methyl sites for hydroxylation is 1. The maximum Gasteiger partial charge on any atom is 0.339 e. The number of carbonyl (C=O) groups is 1. The fourth-order valence-corrected chi connectivity index (χ4v) is 1.78. The Morgan fingerprint density at radius 2 is 2.24 bits per heavy atom. The zero-order valence-corrected chi connectivity index (χ0v) is 9.93. The van der Waals surface area contributed by atoms with Crippen molar-refractivity contribution in [3.8, 4) is 5.75 Å². The van der Waals surface area contributed by atoms with Gasteiger partial charge in [0.15, 0.2) is 0 Å². The summed E-state index contributed by atoms with van der Waals surface area (Å²) in [5, 5.41) is 0. The van der Waals surface area contributed by atoms with Crippen molar-refractivity contribution in [3.05, 3.63) is 28.3 Å². The second-order valence-corrected chi connectivity index (χ2v) is 4.11. The Morgan fingerprint density at radius 1 is 1.53 bits per heavy atom. The van der Waals surface area contributed by atoms with E-state index in [0.717, 1.165) is 0 Å². The van der Waals surface area contributed by atoms with E-state index >= 15 is 0 Å². The predicted molar refractivity (Wildman–Crippen MR) is 61.0 cm³/mol. The topological polar surface area (TPSA) is 59.8 Å². The van der Waals surface area contributed by atoms with Crippen molar-refractivity contribution in [1.82, 2.24) is 4.90 Å². The molecule has 0 radical (unpaired) electrons. The average Bonchev–Trinajstić information content (AvgIpc) is 2.20. The Hall–Kier alpha value is -1.78. The minimum absolute atomic E-state index is 0.0216. The lowest BCUT2D eigenvalue weighted by atomic mass is 10.1. The summed E-state index contributed by atoms with van der Waals surface area (Å²) in [6.07, 6.45) is 0.493. The van der Waals surface area contributed by atoms with Crippen LogP contribution in [0.15, 0.2) is 21.3 Å². The van der Waals surface area contributed by atoms with Crippen LogP contribution in [0.5, 0.6) is 5.75 Å². The van der Waals surface area contributed by atoms with E-state index in [0.29, 0.717) is 31.0 Å². The minimum Gasteiger partial charge on any atom is -0.486 e. The average molecular weight is 237 g/mol. The highest BCUT2D eigenvalue weighted by Gasteiger charge is 2.31. The molecule has 0 saturated carbocycles. The van der Waals surface area contributed by atoms with Crippen molar-refractivity contribution in [2.45, 2.75) is 26.4 Å². The first-order valence-corrected chi connectivity index (χ1v) is 5.64. The van der Waals surface area contributed by atoms with Crippen LogP contribution >= 0.6 is 0 Å². The van der Waals surface area contributed by atoms with Crippen molar-refractivity contribution < 1.29 is 13.9 Å². The highest BCUT2D eigenvalue weighted by atomic mass is 16.5. The molecule has 1 saturated heterocycles. The van der Waals surface area contributed by atoms with Crippen LogP contribution in [-0.2, 0) is 4.79 Å². The number of amides is 1. The van der Waals surface area contributed by atoms with Gasteiger partial charge in [-0.2, -0.15) is 0 Å². The van der Waals surface area contributed by atoms with Crippen LogP contribution in [0.3, 0.4) is 0 Å². The van der Waals surface area contributed by atoms with Crippen molar-refractivity contribution in [2.75, 3.05) is 13.1 Å². The molecule has 1 aliphatic rings. The van der Waals surface area contributed by atoms with Crippen molar-refractivity contribution in [2.24, 2.45) is 0 Å². The SMILES string of the molecule is CCC(=O)N1CC(Oc2cc(C)oc(=O)c2)C1. The van der Waals surface area contributed by atoms with Crippen LogP contribution in [0, 0.1) is 6.92 Å². The summed E-state index contributed by atoms with van der Waals surface area (Å²) in [5.74, 6) is 1.16. The molecule has 0 spiro atoms. The van der Waals surface area contributed by atoms with Crippen molar-refractivity contribution >= 4 is 5.91 Å². The van der Waals surface area contributed by atoms with E-state index in [9.17, 15) is 9.59 Å². The normalized spacial score (nSPS) is 15.5. The molecular formula is C12H15NO4. The number of likely N-dealkylation sites (tertiary alicyclic amines) is 1. The fraction of sp³-hybridized carbons (Fsp3) is 0.500. The molecule has 0 N–H and O–H groups in total. The Bertz CT molecular complexity index is 474. The fourth-order valence-electron chi connectivity index (χ4n) is 1.78. The molecule has 1 fully saturated rings. The zero-order valence-electron chi connectivity index (χ0n) is 9.93. The predicted octanol–water partition coefficient (Wildman–Crippen LogP) is 0.948. The minimum atomic E-state index is -0.416. The highest BCUT2D eigenvalue weighted by Crippen LogP contribution is 2.18. The lowest BCUT2D eigenvalue weighted by Gasteiger charge is -2.38. The van der Waals surface area contributed by atoms with Crippen LogP contribution in [0.25, 0.3) is 0 Å². The van der Waals surface area contributed by atoms with Gasteiger partial charge in [0.25, 0.3) is 0 Å². The Morgan fingerprint density at radius 3 is 2.82 bits per heavy atom. The first-order chi connectivity index (χ1) is 8.08. The van der Waals surface area contributed by atoms with E-state index in [1.165, 1.54) is 6.07 Å². The van der Waals surface area contributed by atoms with Gasteiger partial charge in [0.05, 0.1) is 19.2 Å². The van der Waals surface area contributed by atoms with E-state index < -0.39 is 5.63 Å². The molecule has 1 amide bonds. The third-order valence-electron chi connectivity index (χ3n) is 2.67. The molecular weight excluding hydrogens is 222 g/mol. The smallest absolute Gasteiger partial charge is 0.339 e. The summed E-state index contributed by atoms with van der Waals surface area (Å²) in [5.41, 5.74) is -0.416. The molecule has 2 rings (SSSR count). The highest BCUT2D eigenvalue weighted by molar-refractivity contribution is 5.76. The number of hydrogen-bond donors (Lipinski definition) is 0. The Kier molecular flexibility index (Phi) is 3.17. The monoisotopic (exact) mass is 237 g/mol. The molecule has 1 aromatic heterocycles. The third-order valence-corrected chi connectivity index (χ3v) is 2.67. The lowest BCUT2D eigenvalue weighted by Crippen LogP contribution is -2.56. The standard InChI is InChI=1S/C12H15NO4/c1-3-11(14)13-6-10(7-13)17-9-4-8(2)16-12(15)5-9/h4-5,10H,3,6-7H2,1-2H3. The molecule has 2 heterocycles. The molecule has 0 bridgehead atoms. The van der Waals surface area contributed by atoms with Gasteiger partial charge in [0.1, 0.15) is 17.6 Å². The molecule has 1 aliphatic heterocycles. The van der Waals surface area contributed by atoms with Gasteiger partial charge in [-0.3, -0.25) is 4.79 Å². The first-order valence-electron chi connectivity index (χ1n) is 5.64. The second kappa shape index (κ2) is 4.61. The number of nitrogens with zero attached hydrogens (tertiary/aromatic N) is 1. The number of ether oxygens (including phenoxy) is 1. The Balaban J connectivity index is 1.92. The lowest BCUT2D eigenvalue weighted by molar-refractivity contribution is -0.139. The second-order valence-electron chi connectivity index (χ2n) is 4.11. The summed E-state index contributed by atoms with van der Waals surface area (Å²) < 4.78 is 10.4. The van der Waals surface area contributed by atoms with Gasteiger partial charge in [-0.15, -0.1) is 0 Å². The molecule has 92 valence electrons. The van der Waals surface area contributed by atoms with Crippen molar-refractivity contribution in [1.29, 1.82) is 0 Å². The summed E-state index contributed by atoms with van der Waals surface area (Å²) in [7, 11) is 0. The Labute approximate surface area is 99.0 Å². The van der Waals surface area contributed by atoms with Gasteiger partial charge in [-0.25, -0.2) is 4.79 Å². The quantitative estimate of drug-likeness (QED) is 0.785. The van der Waals surface area contributed by atoms with E-state index in [2.05, 4.69) is 0 Å². The molecule has 0 aliphatic carbocycles. The molecule has 5 nitrogen and oxygen atoms in total. The van der Waals surface area contributed by atoms with Gasteiger partial charge >= 0.3 is 5.63 Å². The van der Waals surface area contributed by atoms with E-state index in [-0.39, 0.29) is 12.0 Å². The molecule has 1 aromatic rings. The van der Waals surface area contributed by atoms with Crippen LogP contribution in [0.1, 0.15) is 19.1 Å². The largest absolute Gasteiger partial charge is 0.486 e. The van der Waals surface area contributed by atoms with Gasteiger partial charge in [0.2, 0.25) is 5.91 Å². The van der Waals surface area contributed by atoms with Gasteiger partial charge in [-0.05, 0) is 6.92 Å². The number of carbonyl (C=O) groups excluding carboxylic acids is 1. The third kappa shape index (κ3) is 2.67. The van der Waals surface area contributed by atoms with E-state index in [4.69, 9.17) is 9.15 Å². The number of hydrogen-bond acceptors (Lipinski definition) is 4. The van der Waals surface area contributed by atoms with Crippen molar-refractivity contribution in [3.63, 3.8) is 0 Å². The summed E-state index contributed by atoms with van der Waals surface area (Å²) in [4.78, 5) is 24.2. The summed E-state index contributed by atoms with van der Waals surface area (Å²) in [6.45, 7) is 4.71. The van der Waals surface area contributed by atoms with Gasteiger partial charge in [0, 0.05) is 12.5 Å². The van der Waals surface area contributed by atoms with Gasteiger partial charge < -0.3 is 14.1 Å². The van der Waals surface area contributed by atoms with E-state index in [1.807, 2.05) is 6.92 Å². The molecule has 0 atom stereocenters.